The van der Waals surface area contributed by atoms with Crippen LogP contribution in [0.2, 0.25) is 0 Å². The van der Waals surface area contributed by atoms with Crippen molar-refractivity contribution in [2.24, 2.45) is 4.99 Å². The largest absolute Gasteiger partial charge is 0.490 e. The van der Waals surface area contributed by atoms with Gasteiger partial charge in [0, 0.05) is 0 Å². The Morgan fingerprint density at radius 1 is 1.11 bits per heavy atom. The second kappa shape index (κ2) is 10.1. The van der Waals surface area contributed by atoms with Crippen LogP contribution >= 0.6 is 11.3 Å². The van der Waals surface area contributed by atoms with Crippen molar-refractivity contribution in [2.45, 2.75) is 26.8 Å². The van der Waals surface area contributed by atoms with Crippen molar-refractivity contribution >= 4 is 23.4 Å². The molecule has 10 heteroatoms. The zero-order chi connectivity index (χ0) is 26.1. The molecule has 0 amide bonds. The number of rotatable bonds is 7. The van der Waals surface area contributed by atoms with E-state index in [2.05, 4.69) is 4.99 Å². The van der Waals surface area contributed by atoms with Crippen LogP contribution in [0.4, 0.5) is 0 Å². The smallest absolute Gasteiger partial charge is 0.338 e. The summed E-state index contributed by atoms with van der Waals surface area (Å²) >= 11 is 1.25. The van der Waals surface area contributed by atoms with Crippen molar-refractivity contribution < 1.29 is 28.5 Å². The van der Waals surface area contributed by atoms with Crippen molar-refractivity contribution in [3.63, 3.8) is 0 Å². The van der Waals surface area contributed by atoms with Gasteiger partial charge in [0.25, 0.3) is 5.56 Å². The monoisotopic (exact) mass is 522 g/mol. The third kappa shape index (κ3) is 4.48. The first-order valence-corrected chi connectivity index (χ1v) is 12.7. The molecule has 3 aromatic rings. The fraction of sp³-hybridized carbons (Fsp3) is 0.296. The Hall–Kier alpha value is -4.05. The third-order valence-electron chi connectivity index (χ3n) is 6.00. The van der Waals surface area contributed by atoms with Gasteiger partial charge in [-0.3, -0.25) is 9.36 Å². The predicted molar refractivity (Wildman–Crippen MR) is 137 cm³/mol. The van der Waals surface area contributed by atoms with E-state index in [0.717, 1.165) is 5.56 Å². The number of esters is 1. The normalized spacial score (nSPS) is 16.3. The molecule has 5 rings (SSSR count). The number of methoxy groups -OCH3 is 1. The van der Waals surface area contributed by atoms with Crippen molar-refractivity contribution in [1.29, 1.82) is 0 Å². The fourth-order valence-electron chi connectivity index (χ4n) is 4.40. The molecule has 0 unspecified atom stereocenters. The molecule has 1 aromatic heterocycles. The van der Waals surface area contributed by atoms with Crippen molar-refractivity contribution in [1.82, 2.24) is 4.57 Å². The van der Waals surface area contributed by atoms with Gasteiger partial charge in [-0.05, 0) is 62.2 Å². The highest BCUT2D eigenvalue weighted by Crippen LogP contribution is 2.36. The molecule has 1 atom stereocenters. The SMILES string of the molecule is CCOc1ccc([C@@H]2C(C(=O)OC)=C(C)N=c3sc(=Cc4ccc5c(c4)OCO5)c(=O)n32)cc1OCC. The minimum absolute atomic E-state index is 0.169. The van der Waals surface area contributed by atoms with Crippen LogP contribution in [0.1, 0.15) is 37.9 Å². The second-order valence-corrected chi connectivity index (χ2v) is 9.27. The highest BCUT2D eigenvalue weighted by Gasteiger charge is 2.33. The number of hydrogen-bond acceptors (Lipinski definition) is 9. The number of ether oxygens (including phenoxy) is 5. The summed E-state index contributed by atoms with van der Waals surface area (Å²) in [5.41, 5.74) is 1.97. The van der Waals surface area contributed by atoms with E-state index in [9.17, 15) is 9.59 Å². The topological polar surface area (TPSA) is 97.6 Å². The standard InChI is InChI=1S/C27H26N2O7S/c1-5-33-18-10-8-17(13-21(18)34-6-2)24-23(26(31)32-4)15(3)28-27-29(24)25(30)22(37-27)12-16-7-9-19-20(11-16)36-14-35-19/h7-13,24H,5-6,14H2,1-4H3/t24-/m1/s1. The lowest BCUT2D eigenvalue weighted by molar-refractivity contribution is -0.136. The van der Waals surface area contributed by atoms with Crippen LogP contribution in [0.15, 0.2) is 57.5 Å². The predicted octanol–water partition coefficient (Wildman–Crippen LogP) is 2.93. The van der Waals surface area contributed by atoms with E-state index in [-0.39, 0.29) is 17.9 Å². The summed E-state index contributed by atoms with van der Waals surface area (Å²) in [6, 6.07) is 10.2. The molecule has 9 nitrogen and oxygen atoms in total. The van der Waals surface area contributed by atoms with Crippen molar-refractivity contribution in [2.75, 3.05) is 27.1 Å². The summed E-state index contributed by atoms with van der Waals surface area (Å²) in [6.07, 6.45) is 1.78. The van der Waals surface area contributed by atoms with Crippen molar-refractivity contribution in [3.8, 4) is 23.0 Å². The molecular formula is C27H26N2O7S. The molecule has 2 aliphatic rings. The number of benzene rings is 2. The number of nitrogens with zero attached hydrogens (tertiary/aromatic N) is 2. The lowest BCUT2D eigenvalue weighted by atomic mass is 9.95. The van der Waals surface area contributed by atoms with Crippen LogP contribution in [0.5, 0.6) is 23.0 Å². The summed E-state index contributed by atoms with van der Waals surface area (Å²) in [5.74, 6) is 1.86. The molecule has 2 aliphatic heterocycles. The molecular weight excluding hydrogens is 496 g/mol. The molecule has 0 radical (unpaired) electrons. The molecule has 0 aliphatic carbocycles. The lowest BCUT2D eigenvalue weighted by Gasteiger charge is -2.25. The zero-order valence-corrected chi connectivity index (χ0v) is 21.7. The number of carbonyl (C=O) groups is 1. The molecule has 0 saturated carbocycles. The van der Waals surface area contributed by atoms with Crippen LogP contribution in [-0.4, -0.2) is 37.7 Å². The average Bonchev–Trinajstić information content (AvgIpc) is 3.48. The van der Waals surface area contributed by atoms with Gasteiger partial charge < -0.3 is 23.7 Å². The van der Waals surface area contributed by atoms with Crippen LogP contribution in [0.25, 0.3) is 6.08 Å². The lowest BCUT2D eigenvalue weighted by Crippen LogP contribution is -2.39. The highest BCUT2D eigenvalue weighted by molar-refractivity contribution is 7.07. The van der Waals surface area contributed by atoms with Crippen molar-refractivity contribution in [3.05, 3.63) is 78.5 Å². The summed E-state index contributed by atoms with van der Waals surface area (Å²) in [5, 5.41) is 0. The van der Waals surface area contributed by atoms with Gasteiger partial charge in [0.15, 0.2) is 27.8 Å². The van der Waals surface area contributed by atoms with Gasteiger partial charge >= 0.3 is 5.97 Å². The minimum atomic E-state index is -0.752. The molecule has 0 bridgehead atoms. The molecule has 0 saturated heterocycles. The van der Waals surface area contributed by atoms with Gasteiger partial charge in [0.05, 0.1) is 42.2 Å². The molecule has 0 spiro atoms. The average molecular weight is 523 g/mol. The third-order valence-corrected chi connectivity index (χ3v) is 6.99. The van der Waals surface area contributed by atoms with Crippen LogP contribution in [0.3, 0.4) is 0 Å². The summed E-state index contributed by atoms with van der Waals surface area (Å²) in [4.78, 5) is 31.8. The minimum Gasteiger partial charge on any atom is -0.490 e. The Bertz CT molecular complexity index is 1580. The van der Waals surface area contributed by atoms with E-state index < -0.39 is 12.0 Å². The Morgan fingerprint density at radius 3 is 2.62 bits per heavy atom. The van der Waals surface area contributed by atoms with Gasteiger partial charge in [-0.1, -0.05) is 23.5 Å². The molecule has 0 N–H and O–H groups in total. The molecule has 0 fully saturated rings. The summed E-state index contributed by atoms with van der Waals surface area (Å²) < 4.78 is 29.5. The number of allylic oxidation sites excluding steroid dienone is 1. The maximum absolute atomic E-state index is 13.8. The maximum Gasteiger partial charge on any atom is 0.338 e. The van der Waals surface area contributed by atoms with E-state index in [0.29, 0.717) is 56.8 Å². The Balaban J connectivity index is 1.69. The summed E-state index contributed by atoms with van der Waals surface area (Å²) in [7, 11) is 1.31. The quantitative estimate of drug-likeness (QED) is 0.440. The van der Waals surface area contributed by atoms with Crippen LogP contribution in [0, 0.1) is 0 Å². The fourth-order valence-corrected chi connectivity index (χ4v) is 5.45. The Labute approximate surface area is 216 Å². The number of thiazole rings is 1. The number of fused-ring (bicyclic) bond motifs is 2. The first kappa shape index (κ1) is 24.6. The van der Waals surface area contributed by atoms with Crippen LogP contribution in [-0.2, 0) is 9.53 Å². The first-order chi connectivity index (χ1) is 17.9. The summed E-state index contributed by atoms with van der Waals surface area (Å²) in [6.45, 7) is 6.59. The van der Waals surface area contributed by atoms with Gasteiger partial charge in [-0.25, -0.2) is 9.79 Å². The van der Waals surface area contributed by atoms with E-state index in [4.69, 9.17) is 23.7 Å². The first-order valence-electron chi connectivity index (χ1n) is 11.8. The number of hydrogen-bond donors (Lipinski definition) is 0. The molecule has 3 heterocycles. The zero-order valence-electron chi connectivity index (χ0n) is 20.9. The van der Waals surface area contributed by atoms with E-state index in [1.807, 2.05) is 38.1 Å². The van der Waals surface area contributed by atoms with Gasteiger partial charge in [0.2, 0.25) is 6.79 Å². The Kier molecular flexibility index (Phi) is 6.75. The molecule has 192 valence electrons. The van der Waals surface area contributed by atoms with E-state index in [1.165, 1.54) is 23.0 Å². The van der Waals surface area contributed by atoms with E-state index in [1.54, 1.807) is 25.1 Å². The van der Waals surface area contributed by atoms with Gasteiger partial charge in [0.1, 0.15) is 0 Å². The molecule has 37 heavy (non-hydrogen) atoms. The highest BCUT2D eigenvalue weighted by atomic mass is 32.1. The van der Waals surface area contributed by atoms with E-state index >= 15 is 0 Å². The Morgan fingerprint density at radius 2 is 1.86 bits per heavy atom. The molecule has 2 aromatic carbocycles. The second-order valence-electron chi connectivity index (χ2n) is 8.26. The number of carbonyl (C=O) groups excluding carboxylic acids is 1. The van der Waals surface area contributed by atoms with Crippen LogP contribution < -0.4 is 33.8 Å². The van der Waals surface area contributed by atoms with Gasteiger partial charge in [-0.15, -0.1) is 0 Å². The number of aromatic nitrogens is 1. The maximum atomic E-state index is 13.8. The van der Waals surface area contributed by atoms with Gasteiger partial charge in [-0.2, -0.15) is 0 Å².